The molecular weight excluding hydrogens is 562 g/mol. The van der Waals surface area contributed by atoms with Gasteiger partial charge in [-0.3, -0.25) is 14.6 Å². The van der Waals surface area contributed by atoms with Gasteiger partial charge in [-0.15, -0.1) is 0 Å². The molecule has 3 aromatic rings. The molecule has 0 bridgehead atoms. The Bertz CT molecular complexity index is 1440. The highest BCUT2D eigenvalue weighted by atomic mass is 16.6. The van der Waals surface area contributed by atoms with Crippen LogP contribution in [0.15, 0.2) is 41.5 Å². The largest absolute Gasteiger partial charge is 0.444 e. The molecule has 12 nitrogen and oxygen atoms in total. The number of nitrogens with zero attached hydrogens (tertiary/aromatic N) is 3. The fourth-order valence-corrected chi connectivity index (χ4v) is 4.83. The van der Waals surface area contributed by atoms with Crippen LogP contribution in [0, 0.1) is 0 Å². The first-order chi connectivity index (χ1) is 21.1. The number of hydrogen-bond donors (Lipinski definition) is 4. The van der Waals surface area contributed by atoms with Crippen molar-refractivity contribution in [3.8, 4) is 0 Å². The van der Waals surface area contributed by atoms with E-state index in [4.69, 9.17) is 9.47 Å². The van der Waals surface area contributed by atoms with E-state index in [0.717, 1.165) is 40.7 Å². The Labute approximate surface area is 258 Å². The van der Waals surface area contributed by atoms with Gasteiger partial charge >= 0.3 is 6.09 Å². The molecule has 1 aliphatic heterocycles. The topological polar surface area (TPSA) is 151 Å². The molecular formula is C32H45N7O5. The number of amides is 2. The van der Waals surface area contributed by atoms with Gasteiger partial charge in [0.15, 0.2) is 0 Å². The standard InChI is InChI=1S/C32H45N7O5/c1-5-23-18-27-28(38-29(23)40)17-22(20-36-27)19-33-12-13-34-24-7-8-26(37-21-24)30(41)35-11-6-16-43-25-9-14-39(15-10-25)31(42)44-32(2,3)4/h7-8,17-18,20-21,25,33-34H,5-6,9-16,19H2,1-4H3,(H,35,41)(H,38,40). The SMILES string of the molecule is CCc1cc2ncc(CNCCNc3ccc(C(=O)NCCCOC4CCN(C(=O)OC(C)(C)C)CC4)nc3)cc2[nH]c1=O. The molecule has 44 heavy (non-hydrogen) atoms. The Hall–Kier alpha value is -4.03. The number of aryl methyl sites for hydroxylation is 1. The molecule has 0 radical (unpaired) electrons. The number of H-pyrrole nitrogens is 1. The number of piperidine rings is 1. The summed E-state index contributed by atoms with van der Waals surface area (Å²) in [4.78, 5) is 50.1. The lowest BCUT2D eigenvalue weighted by atomic mass is 10.1. The number of rotatable bonds is 13. The van der Waals surface area contributed by atoms with Gasteiger partial charge in [0.05, 0.1) is 29.0 Å². The third-order valence-electron chi connectivity index (χ3n) is 7.22. The van der Waals surface area contributed by atoms with Gasteiger partial charge in [-0.25, -0.2) is 9.78 Å². The summed E-state index contributed by atoms with van der Waals surface area (Å²) in [7, 11) is 0. The van der Waals surface area contributed by atoms with Gasteiger partial charge < -0.3 is 35.3 Å². The van der Waals surface area contributed by atoms with Crippen LogP contribution in [0.25, 0.3) is 11.0 Å². The Kier molecular flexibility index (Phi) is 11.7. The molecule has 0 aromatic carbocycles. The second-order valence-corrected chi connectivity index (χ2v) is 11.9. The molecule has 0 spiro atoms. The number of ether oxygens (including phenoxy) is 2. The number of hydrogen-bond acceptors (Lipinski definition) is 9. The number of anilines is 1. The number of likely N-dealkylation sites (tertiary alicyclic amines) is 1. The molecule has 0 atom stereocenters. The third kappa shape index (κ3) is 10.0. The number of nitrogens with one attached hydrogen (secondary N) is 4. The lowest BCUT2D eigenvalue weighted by Crippen LogP contribution is -2.43. The lowest BCUT2D eigenvalue weighted by Gasteiger charge is -2.33. The molecule has 1 aliphatic rings. The Balaban J connectivity index is 1.06. The van der Waals surface area contributed by atoms with Crippen molar-refractivity contribution in [1.82, 2.24) is 30.5 Å². The van der Waals surface area contributed by atoms with Crippen molar-refractivity contribution in [3.63, 3.8) is 0 Å². The fraction of sp³-hybridized carbons (Fsp3) is 0.531. The number of fused-ring (bicyclic) bond motifs is 1. The monoisotopic (exact) mass is 607 g/mol. The predicted octanol–water partition coefficient (Wildman–Crippen LogP) is 3.62. The summed E-state index contributed by atoms with van der Waals surface area (Å²) in [5.41, 5.74) is 3.87. The normalized spacial score (nSPS) is 14.0. The highest BCUT2D eigenvalue weighted by Crippen LogP contribution is 2.17. The second-order valence-electron chi connectivity index (χ2n) is 11.9. The van der Waals surface area contributed by atoms with Crippen LogP contribution >= 0.6 is 0 Å². The maximum absolute atomic E-state index is 12.5. The van der Waals surface area contributed by atoms with Crippen LogP contribution in [-0.2, 0) is 22.4 Å². The second kappa shape index (κ2) is 15.6. The fourth-order valence-electron chi connectivity index (χ4n) is 4.83. The van der Waals surface area contributed by atoms with E-state index >= 15 is 0 Å². The van der Waals surface area contributed by atoms with Gasteiger partial charge in [0, 0.05) is 57.6 Å². The summed E-state index contributed by atoms with van der Waals surface area (Å²) in [6.07, 6.45) is 6.22. The first-order valence-electron chi connectivity index (χ1n) is 15.4. The summed E-state index contributed by atoms with van der Waals surface area (Å²) in [5, 5.41) is 9.54. The van der Waals surface area contributed by atoms with Crippen molar-refractivity contribution >= 4 is 28.7 Å². The molecule has 238 valence electrons. The van der Waals surface area contributed by atoms with E-state index < -0.39 is 5.60 Å². The van der Waals surface area contributed by atoms with E-state index in [-0.39, 0.29) is 23.7 Å². The number of carbonyl (C=O) groups excluding carboxylic acids is 2. The highest BCUT2D eigenvalue weighted by Gasteiger charge is 2.27. The Morgan fingerprint density at radius 3 is 2.57 bits per heavy atom. The molecule has 1 fully saturated rings. The number of pyridine rings is 3. The average Bonchev–Trinajstić information content (AvgIpc) is 3.00. The number of carbonyl (C=O) groups is 2. The van der Waals surface area contributed by atoms with Gasteiger partial charge in [-0.1, -0.05) is 6.92 Å². The summed E-state index contributed by atoms with van der Waals surface area (Å²) in [6, 6.07) is 7.33. The third-order valence-corrected chi connectivity index (χ3v) is 7.22. The van der Waals surface area contributed by atoms with Crippen LogP contribution in [0.3, 0.4) is 0 Å². The minimum absolute atomic E-state index is 0.0652. The van der Waals surface area contributed by atoms with E-state index in [2.05, 4.69) is 30.9 Å². The van der Waals surface area contributed by atoms with Crippen LogP contribution in [0.4, 0.5) is 10.5 Å². The van der Waals surface area contributed by atoms with Gasteiger partial charge in [0.25, 0.3) is 11.5 Å². The van der Waals surface area contributed by atoms with Crippen molar-refractivity contribution in [2.24, 2.45) is 0 Å². The van der Waals surface area contributed by atoms with Gasteiger partial charge in [0.2, 0.25) is 0 Å². The molecule has 4 rings (SSSR count). The van der Waals surface area contributed by atoms with Crippen LogP contribution in [0.2, 0.25) is 0 Å². The summed E-state index contributed by atoms with van der Waals surface area (Å²) >= 11 is 0. The first kappa shape index (κ1) is 32.9. The zero-order valence-electron chi connectivity index (χ0n) is 26.2. The van der Waals surface area contributed by atoms with Crippen molar-refractivity contribution in [2.75, 3.05) is 44.6 Å². The highest BCUT2D eigenvalue weighted by molar-refractivity contribution is 5.92. The van der Waals surface area contributed by atoms with Crippen molar-refractivity contribution in [1.29, 1.82) is 0 Å². The average molecular weight is 608 g/mol. The molecule has 4 N–H and O–H groups in total. The zero-order valence-corrected chi connectivity index (χ0v) is 26.2. The van der Waals surface area contributed by atoms with Crippen LogP contribution in [-0.4, -0.2) is 82.9 Å². The molecule has 4 heterocycles. The molecule has 1 saturated heterocycles. The molecule has 12 heteroatoms. The summed E-state index contributed by atoms with van der Waals surface area (Å²) in [5.74, 6) is -0.222. The molecule has 0 unspecified atom stereocenters. The number of aromatic nitrogens is 3. The minimum Gasteiger partial charge on any atom is -0.444 e. The Morgan fingerprint density at radius 1 is 1.07 bits per heavy atom. The summed E-state index contributed by atoms with van der Waals surface area (Å²) in [6.45, 7) is 11.8. The van der Waals surface area contributed by atoms with Crippen molar-refractivity contribution < 1.29 is 19.1 Å². The molecule has 3 aromatic heterocycles. The predicted molar refractivity (Wildman–Crippen MR) is 170 cm³/mol. The van der Waals surface area contributed by atoms with Gasteiger partial charge in [-0.05, 0) is 76.3 Å². The maximum Gasteiger partial charge on any atom is 0.410 e. The molecule has 0 saturated carbocycles. The first-order valence-corrected chi connectivity index (χ1v) is 15.4. The van der Waals surface area contributed by atoms with Crippen LogP contribution in [0.1, 0.15) is 68.6 Å². The summed E-state index contributed by atoms with van der Waals surface area (Å²) < 4.78 is 11.4. The lowest BCUT2D eigenvalue weighted by molar-refractivity contribution is -0.0116. The van der Waals surface area contributed by atoms with E-state index in [9.17, 15) is 14.4 Å². The molecule has 2 amide bonds. The smallest absolute Gasteiger partial charge is 0.410 e. The van der Waals surface area contributed by atoms with Crippen molar-refractivity contribution in [3.05, 3.63) is 63.8 Å². The van der Waals surface area contributed by atoms with Gasteiger partial charge in [0.1, 0.15) is 11.3 Å². The maximum atomic E-state index is 12.5. The van der Waals surface area contributed by atoms with Crippen molar-refractivity contribution in [2.45, 2.75) is 71.6 Å². The van der Waals surface area contributed by atoms with Gasteiger partial charge in [-0.2, -0.15) is 0 Å². The van der Waals surface area contributed by atoms with E-state index in [0.29, 0.717) is 64.4 Å². The minimum atomic E-state index is -0.495. The molecule has 0 aliphatic carbocycles. The zero-order chi connectivity index (χ0) is 31.5. The quantitative estimate of drug-likeness (QED) is 0.214. The van der Waals surface area contributed by atoms with E-state index in [1.807, 2.05) is 52.1 Å². The number of aromatic amines is 1. The Morgan fingerprint density at radius 2 is 1.86 bits per heavy atom. The van der Waals surface area contributed by atoms with Crippen LogP contribution < -0.4 is 21.5 Å². The van der Waals surface area contributed by atoms with E-state index in [1.165, 1.54) is 0 Å². The van der Waals surface area contributed by atoms with Crippen LogP contribution in [0.5, 0.6) is 0 Å². The van der Waals surface area contributed by atoms with E-state index in [1.54, 1.807) is 17.2 Å².